The van der Waals surface area contributed by atoms with Gasteiger partial charge in [0, 0.05) is 18.5 Å². The van der Waals surface area contributed by atoms with Crippen LogP contribution < -0.4 is 5.32 Å². The maximum atomic E-state index is 11.7. The molecule has 0 saturated carbocycles. The molecule has 2 N–H and O–H groups in total. The molecule has 1 amide bonds. The van der Waals surface area contributed by atoms with E-state index in [-0.39, 0.29) is 12.3 Å². The number of rotatable bonds is 9. The number of hydrogen-bond donors (Lipinski definition) is 2. The number of carboxylic acids is 1. The van der Waals surface area contributed by atoms with Crippen molar-refractivity contribution in [2.75, 3.05) is 5.32 Å². The molecule has 0 bridgehead atoms. The Morgan fingerprint density at radius 3 is 2.30 bits per heavy atom. The van der Waals surface area contributed by atoms with Crippen molar-refractivity contribution in [1.82, 2.24) is 0 Å². The minimum Gasteiger partial charge on any atom is -0.481 e. The lowest BCUT2D eigenvalue weighted by molar-refractivity contribution is -0.137. The molecule has 0 saturated heterocycles. The second-order valence-electron chi connectivity index (χ2n) is 4.95. The smallest absolute Gasteiger partial charge is 0.303 e. The predicted molar refractivity (Wildman–Crippen MR) is 79.8 cm³/mol. The summed E-state index contributed by atoms with van der Waals surface area (Å²) in [5.74, 6) is -0.871. The number of carbonyl (C=O) groups is 2. The normalized spacial score (nSPS) is 10.2. The second kappa shape index (κ2) is 9.13. The van der Waals surface area contributed by atoms with Crippen LogP contribution in [-0.4, -0.2) is 17.0 Å². The molecule has 0 aliphatic rings. The van der Waals surface area contributed by atoms with Crippen molar-refractivity contribution in [3.05, 3.63) is 29.8 Å². The van der Waals surface area contributed by atoms with E-state index in [0.29, 0.717) is 19.3 Å². The fraction of sp³-hybridized carbons (Fsp3) is 0.500. The summed E-state index contributed by atoms with van der Waals surface area (Å²) in [6.45, 7) is 2.17. The Morgan fingerprint density at radius 1 is 1.05 bits per heavy atom. The van der Waals surface area contributed by atoms with Gasteiger partial charge in [0.2, 0.25) is 5.91 Å². The van der Waals surface area contributed by atoms with Crippen molar-refractivity contribution in [1.29, 1.82) is 0 Å². The summed E-state index contributed by atoms with van der Waals surface area (Å²) in [7, 11) is 0. The number of benzene rings is 1. The lowest BCUT2D eigenvalue weighted by Crippen LogP contribution is -2.11. The third kappa shape index (κ3) is 6.92. The Bertz CT molecular complexity index is 426. The second-order valence-corrected chi connectivity index (χ2v) is 4.95. The van der Waals surface area contributed by atoms with E-state index in [0.717, 1.165) is 12.1 Å². The molecule has 0 spiro atoms. The van der Waals surface area contributed by atoms with E-state index in [1.807, 2.05) is 24.3 Å². The molecule has 4 heteroatoms. The molecular formula is C16H23NO3. The van der Waals surface area contributed by atoms with Gasteiger partial charge in [-0.25, -0.2) is 0 Å². The molecule has 0 atom stereocenters. The monoisotopic (exact) mass is 277 g/mol. The Kier molecular flexibility index (Phi) is 7.40. The summed E-state index contributed by atoms with van der Waals surface area (Å²) in [5, 5.41) is 11.3. The number of carbonyl (C=O) groups excluding carboxylic acids is 1. The molecule has 1 aromatic carbocycles. The van der Waals surface area contributed by atoms with E-state index in [9.17, 15) is 9.59 Å². The average molecular weight is 277 g/mol. The minimum atomic E-state index is -0.812. The standard InChI is InChI=1S/C16H23NO3/c1-2-3-6-13-9-11-14(12-10-13)17-15(18)7-4-5-8-16(19)20/h9-12H,2-8H2,1H3,(H,17,18)(H,19,20). The number of anilines is 1. The molecule has 20 heavy (non-hydrogen) atoms. The highest BCUT2D eigenvalue weighted by Gasteiger charge is 2.03. The third-order valence-corrected chi connectivity index (χ3v) is 3.10. The van der Waals surface area contributed by atoms with Crippen LogP contribution in [0.2, 0.25) is 0 Å². The SMILES string of the molecule is CCCCc1ccc(NC(=O)CCCCC(=O)O)cc1. The summed E-state index contributed by atoms with van der Waals surface area (Å²) in [6, 6.07) is 7.91. The highest BCUT2D eigenvalue weighted by atomic mass is 16.4. The zero-order chi connectivity index (χ0) is 14.8. The topological polar surface area (TPSA) is 66.4 Å². The number of carboxylic acid groups (broad SMARTS) is 1. The summed E-state index contributed by atoms with van der Waals surface area (Å²) < 4.78 is 0. The molecule has 0 unspecified atom stereocenters. The highest BCUT2D eigenvalue weighted by molar-refractivity contribution is 5.90. The number of unbranched alkanes of at least 4 members (excludes halogenated alkanes) is 2. The van der Waals surface area contributed by atoms with Crippen molar-refractivity contribution >= 4 is 17.6 Å². The van der Waals surface area contributed by atoms with Crippen LogP contribution in [0.4, 0.5) is 5.69 Å². The van der Waals surface area contributed by atoms with Crippen LogP contribution in [0.15, 0.2) is 24.3 Å². The fourth-order valence-electron chi connectivity index (χ4n) is 1.92. The van der Waals surface area contributed by atoms with E-state index in [4.69, 9.17) is 5.11 Å². The molecule has 0 fully saturated rings. The van der Waals surface area contributed by atoms with Gasteiger partial charge in [0.25, 0.3) is 0 Å². The summed E-state index contributed by atoms with van der Waals surface area (Å²) in [6.07, 6.45) is 5.06. The van der Waals surface area contributed by atoms with Gasteiger partial charge in [0.1, 0.15) is 0 Å². The first kappa shape index (κ1) is 16.2. The predicted octanol–water partition coefficient (Wildman–Crippen LogP) is 3.61. The van der Waals surface area contributed by atoms with Gasteiger partial charge >= 0.3 is 5.97 Å². The van der Waals surface area contributed by atoms with Gasteiger partial charge in [-0.05, 0) is 43.4 Å². The summed E-state index contributed by atoms with van der Waals surface area (Å²) in [4.78, 5) is 22.0. The van der Waals surface area contributed by atoms with Crippen LogP contribution in [0.1, 0.15) is 51.0 Å². The van der Waals surface area contributed by atoms with Crippen molar-refractivity contribution in [3.8, 4) is 0 Å². The van der Waals surface area contributed by atoms with E-state index < -0.39 is 5.97 Å². The van der Waals surface area contributed by atoms with Crippen LogP contribution in [0.3, 0.4) is 0 Å². The van der Waals surface area contributed by atoms with Crippen LogP contribution in [-0.2, 0) is 16.0 Å². The first-order valence-electron chi connectivity index (χ1n) is 7.22. The van der Waals surface area contributed by atoms with Crippen molar-refractivity contribution in [2.45, 2.75) is 51.9 Å². The molecule has 1 aromatic rings. The number of hydrogen-bond acceptors (Lipinski definition) is 2. The molecule has 1 rings (SSSR count). The van der Waals surface area contributed by atoms with Crippen molar-refractivity contribution < 1.29 is 14.7 Å². The highest BCUT2D eigenvalue weighted by Crippen LogP contribution is 2.12. The van der Waals surface area contributed by atoms with Gasteiger partial charge in [0.05, 0.1) is 0 Å². The number of aliphatic carboxylic acids is 1. The van der Waals surface area contributed by atoms with Gasteiger partial charge in [0.15, 0.2) is 0 Å². The van der Waals surface area contributed by atoms with E-state index in [2.05, 4.69) is 12.2 Å². The molecule has 0 aliphatic carbocycles. The number of aryl methyl sites for hydroxylation is 1. The Hall–Kier alpha value is -1.84. The van der Waals surface area contributed by atoms with Crippen LogP contribution in [0.25, 0.3) is 0 Å². The summed E-state index contributed by atoms with van der Waals surface area (Å²) >= 11 is 0. The first-order chi connectivity index (χ1) is 9.61. The van der Waals surface area contributed by atoms with Gasteiger partial charge in [-0.2, -0.15) is 0 Å². The number of amides is 1. The lowest BCUT2D eigenvalue weighted by Gasteiger charge is -2.06. The molecule has 4 nitrogen and oxygen atoms in total. The maximum Gasteiger partial charge on any atom is 0.303 e. The molecule has 110 valence electrons. The molecule has 0 aliphatic heterocycles. The summed E-state index contributed by atoms with van der Waals surface area (Å²) in [5.41, 5.74) is 2.08. The van der Waals surface area contributed by atoms with E-state index in [1.54, 1.807) is 0 Å². The quantitative estimate of drug-likeness (QED) is 0.677. The van der Waals surface area contributed by atoms with E-state index in [1.165, 1.54) is 18.4 Å². The third-order valence-electron chi connectivity index (χ3n) is 3.10. The Labute approximate surface area is 120 Å². The molecule has 0 heterocycles. The zero-order valence-corrected chi connectivity index (χ0v) is 12.0. The van der Waals surface area contributed by atoms with Crippen molar-refractivity contribution in [2.24, 2.45) is 0 Å². The van der Waals surface area contributed by atoms with E-state index >= 15 is 0 Å². The van der Waals surface area contributed by atoms with Crippen molar-refractivity contribution in [3.63, 3.8) is 0 Å². The zero-order valence-electron chi connectivity index (χ0n) is 12.0. The largest absolute Gasteiger partial charge is 0.481 e. The minimum absolute atomic E-state index is 0.0586. The van der Waals surface area contributed by atoms with Gasteiger partial charge in [-0.1, -0.05) is 25.5 Å². The molecule has 0 aromatic heterocycles. The maximum absolute atomic E-state index is 11.7. The van der Waals surface area contributed by atoms with Gasteiger partial charge in [-0.15, -0.1) is 0 Å². The van der Waals surface area contributed by atoms with Crippen LogP contribution >= 0.6 is 0 Å². The molecular weight excluding hydrogens is 254 g/mol. The Balaban J connectivity index is 2.29. The van der Waals surface area contributed by atoms with Gasteiger partial charge in [-0.3, -0.25) is 9.59 Å². The average Bonchev–Trinajstić information content (AvgIpc) is 2.43. The first-order valence-corrected chi connectivity index (χ1v) is 7.22. The van der Waals surface area contributed by atoms with Gasteiger partial charge < -0.3 is 10.4 Å². The number of nitrogens with one attached hydrogen (secondary N) is 1. The van der Waals surface area contributed by atoms with Crippen LogP contribution in [0, 0.1) is 0 Å². The fourth-order valence-corrected chi connectivity index (χ4v) is 1.92. The Morgan fingerprint density at radius 2 is 1.70 bits per heavy atom. The molecule has 0 radical (unpaired) electrons. The van der Waals surface area contributed by atoms with Crippen LogP contribution in [0.5, 0.6) is 0 Å². The lowest BCUT2D eigenvalue weighted by atomic mass is 10.1.